The normalized spacial score (nSPS) is 10.9. The molecular weight excluding hydrogens is 312 g/mol. The maximum absolute atomic E-state index is 12.2. The second kappa shape index (κ2) is 7.05. The van der Waals surface area contributed by atoms with Crippen molar-refractivity contribution in [3.8, 4) is 11.3 Å². The van der Waals surface area contributed by atoms with Gasteiger partial charge < -0.3 is 9.47 Å². The molecule has 2 heterocycles. The van der Waals surface area contributed by atoms with Crippen molar-refractivity contribution in [3.05, 3.63) is 53.1 Å². The number of ether oxygens (including phenoxy) is 2. The Morgan fingerprint density at radius 2 is 2.00 bits per heavy atom. The Hall–Kier alpha value is -3.00. The third kappa shape index (κ3) is 3.49. The van der Waals surface area contributed by atoms with Crippen molar-refractivity contribution in [2.75, 3.05) is 13.2 Å². The van der Waals surface area contributed by atoms with Crippen LogP contribution in [0.4, 0.5) is 0 Å². The molecule has 0 aliphatic heterocycles. The van der Waals surface area contributed by atoms with Gasteiger partial charge in [-0.3, -0.25) is 14.2 Å². The highest BCUT2D eigenvalue weighted by Crippen LogP contribution is 2.15. The van der Waals surface area contributed by atoms with E-state index in [2.05, 4.69) is 10.1 Å². The monoisotopic (exact) mass is 328 g/mol. The Bertz CT molecular complexity index is 901. The van der Waals surface area contributed by atoms with Crippen molar-refractivity contribution in [1.29, 1.82) is 0 Å². The Morgan fingerprint density at radius 1 is 1.21 bits per heavy atom. The van der Waals surface area contributed by atoms with Crippen molar-refractivity contribution in [2.45, 2.75) is 13.7 Å². The van der Waals surface area contributed by atoms with Gasteiger partial charge >= 0.3 is 5.97 Å². The van der Waals surface area contributed by atoms with Crippen molar-refractivity contribution < 1.29 is 14.3 Å². The van der Waals surface area contributed by atoms with Crippen LogP contribution in [-0.4, -0.2) is 38.3 Å². The van der Waals surface area contributed by atoms with Gasteiger partial charge in [0.05, 0.1) is 12.3 Å². The minimum absolute atomic E-state index is 0.148. The lowest BCUT2D eigenvalue weighted by atomic mass is 10.1. The van der Waals surface area contributed by atoms with Crippen molar-refractivity contribution >= 4 is 11.7 Å². The van der Waals surface area contributed by atoms with Crippen LogP contribution in [0.2, 0.25) is 0 Å². The molecule has 3 rings (SSSR count). The molecule has 3 aromatic rings. The summed E-state index contributed by atoms with van der Waals surface area (Å²) < 4.78 is 13.0. The summed E-state index contributed by atoms with van der Waals surface area (Å²) in [5.74, 6) is 0.0289. The molecule has 0 spiro atoms. The van der Waals surface area contributed by atoms with Crippen molar-refractivity contribution in [2.24, 2.45) is 0 Å². The third-order valence-electron chi connectivity index (χ3n) is 3.28. The molecule has 0 N–H and O–H groups in total. The summed E-state index contributed by atoms with van der Waals surface area (Å²) in [7, 11) is 0. The molecule has 0 bridgehead atoms. The number of esters is 1. The molecule has 8 nitrogen and oxygen atoms in total. The van der Waals surface area contributed by atoms with Gasteiger partial charge in [-0.2, -0.15) is 9.61 Å². The molecule has 0 atom stereocenters. The number of benzene rings is 1. The maximum Gasteiger partial charge on any atom is 0.302 e. The summed E-state index contributed by atoms with van der Waals surface area (Å²) in [5.41, 5.74) is 1.15. The van der Waals surface area contributed by atoms with Gasteiger partial charge in [-0.15, -0.1) is 0 Å². The Labute approximate surface area is 137 Å². The first-order valence-corrected chi connectivity index (χ1v) is 7.37. The summed E-state index contributed by atoms with van der Waals surface area (Å²) in [6, 6.07) is 10.9. The number of hydrogen-bond acceptors (Lipinski definition) is 6. The number of hydrogen-bond donors (Lipinski definition) is 0. The van der Waals surface area contributed by atoms with Gasteiger partial charge in [0.2, 0.25) is 5.78 Å². The van der Waals surface area contributed by atoms with Crippen LogP contribution < -0.4 is 5.56 Å². The average molecular weight is 328 g/mol. The molecule has 0 unspecified atom stereocenters. The zero-order valence-electron chi connectivity index (χ0n) is 13.1. The fraction of sp³-hybridized carbons (Fsp3) is 0.250. The van der Waals surface area contributed by atoms with Gasteiger partial charge in [0.25, 0.3) is 5.56 Å². The van der Waals surface area contributed by atoms with E-state index >= 15 is 0 Å². The van der Waals surface area contributed by atoms with Gasteiger partial charge in [-0.1, -0.05) is 30.3 Å². The topological polar surface area (TPSA) is 87.7 Å². The van der Waals surface area contributed by atoms with E-state index in [9.17, 15) is 9.59 Å². The minimum atomic E-state index is -0.354. The predicted octanol–water partition coefficient (Wildman–Crippen LogP) is 1.10. The first-order chi connectivity index (χ1) is 11.6. The molecule has 0 saturated carbocycles. The fourth-order valence-electron chi connectivity index (χ4n) is 2.18. The zero-order valence-corrected chi connectivity index (χ0v) is 13.1. The molecule has 124 valence electrons. The average Bonchev–Trinajstić information content (AvgIpc) is 2.99. The van der Waals surface area contributed by atoms with Crippen LogP contribution in [0.25, 0.3) is 17.0 Å². The van der Waals surface area contributed by atoms with Gasteiger partial charge in [-0.25, -0.2) is 4.98 Å². The minimum Gasteiger partial charge on any atom is -0.463 e. The molecule has 1 aromatic carbocycles. The van der Waals surface area contributed by atoms with Gasteiger partial charge in [-0.05, 0) is 0 Å². The molecule has 0 fully saturated rings. The molecule has 24 heavy (non-hydrogen) atoms. The first-order valence-electron chi connectivity index (χ1n) is 7.37. The van der Waals surface area contributed by atoms with Crippen LogP contribution in [0.1, 0.15) is 6.92 Å². The lowest BCUT2D eigenvalue weighted by Crippen LogP contribution is -2.16. The quantitative estimate of drug-likeness (QED) is 0.497. The van der Waals surface area contributed by atoms with Crippen LogP contribution in [0.5, 0.6) is 0 Å². The SMILES string of the molecule is CC(=O)OCCOCn1cnn2c(=O)cc(-c3ccccc3)nc12. The van der Waals surface area contributed by atoms with Crippen LogP contribution in [-0.2, 0) is 21.0 Å². The Kier molecular flexibility index (Phi) is 4.66. The van der Waals surface area contributed by atoms with Gasteiger partial charge in [0, 0.05) is 18.6 Å². The Balaban J connectivity index is 1.81. The summed E-state index contributed by atoms with van der Waals surface area (Å²) in [4.78, 5) is 27.4. The lowest BCUT2D eigenvalue weighted by Gasteiger charge is -2.06. The zero-order chi connectivity index (χ0) is 16.9. The van der Waals surface area contributed by atoms with E-state index in [0.29, 0.717) is 11.5 Å². The molecule has 0 aliphatic carbocycles. The van der Waals surface area contributed by atoms with Crippen LogP contribution in [0.15, 0.2) is 47.5 Å². The number of fused-ring (bicyclic) bond motifs is 1. The van der Waals surface area contributed by atoms with Crippen LogP contribution in [0.3, 0.4) is 0 Å². The van der Waals surface area contributed by atoms with Gasteiger partial charge in [0.15, 0.2) is 0 Å². The van der Waals surface area contributed by atoms with E-state index in [-0.39, 0.29) is 31.5 Å². The van der Waals surface area contributed by atoms with E-state index in [1.54, 1.807) is 4.57 Å². The molecule has 0 radical (unpaired) electrons. The fourth-order valence-corrected chi connectivity index (χ4v) is 2.18. The molecular formula is C16H16N4O4. The number of rotatable bonds is 6. The Morgan fingerprint density at radius 3 is 2.75 bits per heavy atom. The first kappa shape index (κ1) is 15.9. The van der Waals surface area contributed by atoms with E-state index in [0.717, 1.165) is 5.56 Å². The number of nitrogens with zero attached hydrogens (tertiary/aromatic N) is 4. The highest BCUT2D eigenvalue weighted by Gasteiger charge is 2.09. The highest BCUT2D eigenvalue weighted by atomic mass is 16.6. The molecule has 0 aliphatic rings. The second-order valence-electron chi connectivity index (χ2n) is 5.04. The van der Waals surface area contributed by atoms with Crippen molar-refractivity contribution in [3.63, 3.8) is 0 Å². The molecule has 0 amide bonds. The number of aromatic nitrogens is 4. The number of carbonyl (C=O) groups excluding carboxylic acids is 1. The highest BCUT2D eigenvalue weighted by molar-refractivity contribution is 5.65. The van der Waals surface area contributed by atoms with Crippen molar-refractivity contribution in [1.82, 2.24) is 19.2 Å². The second-order valence-corrected chi connectivity index (χ2v) is 5.04. The predicted molar refractivity (Wildman–Crippen MR) is 85.3 cm³/mol. The number of carbonyl (C=O) groups is 1. The molecule has 8 heteroatoms. The molecule has 2 aromatic heterocycles. The third-order valence-corrected chi connectivity index (χ3v) is 3.28. The lowest BCUT2D eigenvalue weighted by molar-refractivity contribution is -0.142. The van der Waals surface area contributed by atoms with E-state index in [4.69, 9.17) is 9.47 Å². The van der Waals surface area contributed by atoms with E-state index in [1.165, 1.54) is 23.8 Å². The standard InChI is InChI=1S/C16H16N4O4/c1-12(21)24-8-7-23-11-19-10-17-20-15(22)9-14(18-16(19)20)13-5-3-2-4-6-13/h2-6,9-10H,7-8,11H2,1H3. The maximum atomic E-state index is 12.2. The van der Waals surface area contributed by atoms with Crippen LogP contribution >= 0.6 is 0 Å². The summed E-state index contributed by atoms with van der Waals surface area (Å²) in [5, 5.41) is 4.02. The molecule has 0 saturated heterocycles. The largest absolute Gasteiger partial charge is 0.463 e. The summed E-state index contributed by atoms with van der Waals surface area (Å²) >= 11 is 0. The van der Waals surface area contributed by atoms with Gasteiger partial charge in [0.1, 0.15) is 19.7 Å². The van der Waals surface area contributed by atoms with E-state index in [1.807, 2.05) is 30.3 Å². The summed E-state index contributed by atoms with van der Waals surface area (Å²) in [6.07, 6.45) is 1.48. The van der Waals surface area contributed by atoms with E-state index < -0.39 is 0 Å². The summed E-state index contributed by atoms with van der Waals surface area (Å²) in [6.45, 7) is 1.90. The van der Waals surface area contributed by atoms with Crippen LogP contribution in [0, 0.1) is 0 Å². The smallest absolute Gasteiger partial charge is 0.302 e.